The van der Waals surface area contributed by atoms with E-state index >= 15 is 0 Å². The molecule has 3 aromatic rings. The van der Waals surface area contributed by atoms with E-state index in [1.807, 2.05) is 0 Å². The Hall–Kier alpha value is -1.67. The van der Waals surface area contributed by atoms with Gasteiger partial charge in [-0.3, -0.25) is 4.55 Å². The van der Waals surface area contributed by atoms with E-state index < -0.39 is 26.4 Å². The highest BCUT2D eigenvalue weighted by Gasteiger charge is 2.51. The van der Waals surface area contributed by atoms with E-state index in [-0.39, 0.29) is 31.8 Å². The second kappa shape index (κ2) is 7.87. The SMILES string of the molecule is O=S(=O)(O)C(c1ccc(Cl)cc1)(c1cc(O)c(Cl)cc1O)c1ccc(Cl)cc1Cl. The van der Waals surface area contributed by atoms with E-state index in [9.17, 15) is 23.2 Å². The Morgan fingerprint density at radius 2 is 1.28 bits per heavy atom. The van der Waals surface area contributed by atoms with Crippen LogP contribution in [0.5, 0.6) is 11.5 Å². The topological polar surface area (TPSA) is 94.8 Å². The van der Waals surface area contributed by atoms with Crippen molar-refractivity contribution < 1.29 is 23.2 Å². The maximum atomic E-state index is 12.9. The van der Waals surface area contributed by atoms with E-state index in [4.69, 9.17) is 46.4 Å². The maximum absolute atomic E-state index is 12.9. The summed E-state index contributed by atoms with van der Waals surface area (Å²) in [5.74, 6) is -1.10. The number of phenolic OH excluding ortho intramolecular Hbond substituents is 2. The van der Waals surface area contributed by atoms with Crippen LogP contribution < -0.4 is 0 Å². The van der Waals surface area contributed by atoms with E-state index in [1.54, 1.807) is 0 Å². The Morgan fingerprint density at radius 3 is 1.83 bits per heavy atom. The van der Waals surface area contributed by atoms with Crippen LogP contribution in [0.25, 0.3) is 0 Å². The van der Waals surface area contributed by atoms with Crippen molar-refractivity contribution >= 4 is 56.5 Å². The van der Waals surface area contributed by atoms with Gasteiger partial charge in [-0.25, -0.2) is 0 Å². The van der Waals surface area contributed by atoms with Crippen molar-refractivity contribution in [3.05, 3.63) is 91.4 Å². The highest BCUT2D eigenvalue weighted by molar-refractivity contribution is 7.87. The quantitative estimate of drug-likeness (QED) is 0.239. The summed E-state index contributed by atoms with van der Waals surface area (Å²) in [4.78, 5) is 0. The smallest absolute Gasteiger partial charge is 0.283 e. The second-order valence-corrected chi connectivity index (χ2v) is 9.36. The molecule has 0 aliphatic rings. The molecule has 0 radical (unpaired) electrons. The zero-order valence-corrected chi connectivity index (χ0v) is 18.1. The van der Waals surface area contributed by atoms with Crippen molar-refractivity contribution in [3.63, 3.8) is 0 Å². The Balaban J connectivity index is 2.58. The third kappa shape index (κ3) is 3.77. The summed E-state index contributed by atoms with van der Waals surface area (Å²) in [6.07, 6.45) is 0. The largest absolute Gasteiger partial charge is 0.508 e. The molecule has 3 rings (SSSR count). The summed E-state index contributed by atoms with van der Waals surface area (Å²) in [5, 5.41) is 20.9. The lowest BCUT2D eigenvalue weighted by Gasteiger charge is -2.33. The van der Waals surface area contributed by atoms with Crippen LogP contribution >= 0.6 is 46.4 Å². The average molecular weight is 494 g/mol. The van der Waals surface area contributed by atoms with Crippen LogP contribution in [0.2, 0.25) is 20.1 Å². The van der Waals surface area contributed by atoms with Gasteiger partial charge >= 0.3 is 0 Å². The minimum Gasteiger partial charge on any atom is -0.508 e. The molecular formula is C19H12Cl4O5S. The molecule has 0 saturated carbocycles. The number of hydrogen-bond acceptors (Lipinski definition) is 4. The van der Waals surface area contributed by atoms with E-state index in [0.29, 0.717) is 5.02 Å². The molecule has 1 atom stereocenters. The molecule has 3 aromatic carbocycles. The Bertz CT molecular complexity index is 1200. The van der Waals surface area contributed by atoms with Gasteiger partial charge in [0, 0.05) is 32.3 Å². The molecule has 29 heavy (non-hydrogen) atoms. The lowest BCUT2D eigenvalue weighted by atomic mass is 9.83. The number of phenols is 2. The average Bonchev–Trinajstić information content (AvgIpc) is 2.61. The summed E-state index contributed by atoms with van der Waals surface area (Å²) in [6, 6.07) is 11.4. The van der Waals surface area contributed by atoms with Crippen LogP contribution in [0.3, 0.4) is 0 Å². The third-order valence-electron chi connectivity index (χ3n) is 4.39. The first-order valence-electron chi connectivity index (χ1n) is 7.89. The molecule has 0 bridgehead atoms. The summed E-state index contributed by atoms with van der Waals surface area (Å²) >= 11 is 24.0. The maximum Gasteiger partial charge on any atom is 0.283 e. The van der Waals surface area contributed by atoms with Crippen molar-refractivity contribution in [2.24, 2.45) is 0 Å². The molecule has 3 N–H and O–H groups in total. The Morgan fingerprint density at radius 1 is 0.690 bits per heavy atom. The van der Waals surface area contributed by atoms with Crippen molar-refractivity contribution in [2.75, 3.05) is 0 Å². The fourth-order valence-electron chi connectivity index (χ4n) is 3.18. The molecule has 1 unspecified atom stereocenters. The first-order valence-corrected chi connectivity index (χ1v) is 10.8. The molecule has 5 nitrogen and oxygen atoms in total. The summed E-state index contributed by atoms with van der Waals surface area (Å²) in [7, 11) is -5.07. The lowest BCUT2D eigenvalue weighted by molar-refractivity contribution is 0.434. The number of benzene rings is 3. The Labute approximate surface area is 186 Å². The van der Waals surface area contributed by atoms with Crippen molar-refractivity contribution in [1.82, 2.24) is 0 Å². The number of aromatic hydroxyl groups is 2. The van der Waals surface area contributed by atoms with Gasteiger partial charge in [0.15, 0.2) is 4.75 Å². The predicted molar refractivity (Wildman–Crippen MR) is 114 cm³/mol. The van der Waals surface area contributed by atoms with Gasteiger partial charge in [0.05, 0.1) is 5.02 Å². The van der Waals surface area contributed by atoms with Gasteiger partial charge < -0.3 is 10.2 Å². The monoisotopic (exact) mass is 492 g/mol. The van der Waals surface area contributed by atoms with Crippen LogP contribution in [0, 0.1) is 0 Å². The standard InChI is InChI=1S/C19H12Cl4O5S/c20-11-3-1-10(2-4-11)19(29(26,27)28,13-6-5-12(21)7-15(13)22)14-8-18(25)16(23)9-17(14)24/h1-9,24-25H,(H,26,27,28). The molecule has 0 saturated heterocycles. The van der Waals surface area contributed by atoms with Crippen LogP contribution in [0.1, 0.15) is 16.7 Å². The van der Waals surface area contributed by atoms with E-state index in [1.165, 1.54) is 42.5 Å². The minimum absolute atomic E-state index is 0.00523. The molecule has 10 heteroatoms. The summed E-state index contributed by atoms with van der Waals surface area (Å²) < 4.78 is 33.9. The zero-order valence-electron chi connectivity index (χ0n) is 14.3. The van der Waals surface area contributed by atoms with Crippen molar-refractivity contribution in [3.8, 4) is 11.5 Å². The van der Waals surface area contributed by atoms with Gasteiger partial charge in [-0.15, -0.1) is 0 Å². The molecule has 0 aliphatic heterocycles. The first-order chi connectivity index (χ1) is 13.5. The van der Waals surface area contributed by atoms with Gasteiger partial charge in [-0.05, 0) is 35.9 Å². The van der Waals surface area contributed by atoms with E-state index in [0.717, 1.165) is 12.1 Å². The van der Waals surface area contributed by atoms with Crippen molar-refractivity contribution in [1.29, 1.82) is 0 Å². The molecule has 0 aromatic heterocycles. The minimum atomic E-state index is -5.07. The van der Waals surface area contributed by atoms with Crippen LogP contribution in [-0.4, -0.2) is 23.2 Å². The number of rotatable bonds is 4. The molecule has 0 amide bonds. The first kappa shape index (κ1) is 22.0. The normalized spacial score (nSPS) is 13.8. The van der Waals surface area contributed by atoms with Gasteiger partial charge in [-0.2, -0.15) is 8.42 Å². The Kier molecular flexibility index (Phi) is 5.98. The fraction of sp³-hybridized carbons (Fsp3) is 0.0526. The van der Waals surface area contributed by atoms with E-state index in [2.05, 4.69) is 0 Å². The zero-order chi connectivity index (χ0) is 21.6. The molecule has 0 fully saturated rings. The van der Waals surface area contributed by atoms with Crippen LogP contribution in [0.4, 0.5) is 0 Å². The van der Waals surface area contributed by atoms with Crippen LogP contribution in [-0.2, 0) is 14.9 Å². The number of halogens is 4. The molecular weight excluding hydrogens is 482 g/mol. The number of hydrogen-bond donors (Lipinski definition) is 3. The molecule has 0 aliphatic carbocycles. The summed E-state index contributed by atoms with van der Waals surface area (Å²) in [6.45, 7) is 0. The predicted octanol–water partition coefficient (Wildman–Crippen LogP) is 5.89. The van der Waals surface area contributed by atoms with Crippen molar-refractivity contribution in [2.45, 2.75) is 4.75 Å². The summed E-state index contributed by atoms with van der Waals surface area (Å²) in [5.41, 5.74) is -0.468. The molecule has 0 spiro atoms. The molecule has 152 valence electrons. The highest BCUT2D eigenvalue weighted by Crippen LogP contribution is 2.51. The fourth-order valence-corrected chi connectivity index (χ4v) is 5.40. The van der Waals surface area contributed by atoms with Gasteiger partial charge in [0.2, 0.25) is 0 Å². The van der Waals surface area contributed by atoms with Gasteiger partial charge in [0.1, 0.15) is 11.5 Å². The highest BCUT2D eigenvalue weighted by atomic mass is 35.5. The molecule has 0 heterocycles. The van der Waals surface area contributed by atoms with Gasteiger partial charge in [0.25, 0.3) is 10.1 Å². The second-order valence-electron chi connectivity index (χ2n) is 6.11. The van der Waals surface area contributed by atoms with Crippen LogP contribution in [0.15, 0.2) is 54.6 Å². The third-order valence-corrected chi connectivity index (χ3v) is 6.94. The lowest BCUT2D eigenvalue weighted by Crippen LogP contribution is -2.38. The van der Waals surface area contributed by atoms with Gasteiger partial charge in [-0.1, -0.05) is 64.6 Å².